The molecular formula is C17H22N2Sc. The molecule has 3 heteroatoms. The zero-order valence-electron chi connectivity index (χ0n) is 12.7. The molecule has 3 aliphatic rings. The summed E-state index contributed by atoms with van der Waals surface area (Å²) in [5.74, 6) is 0. The molecule has 3 rings (SSSR count). The SMILES string of the molecule is CC1=CC(C)N(C2(C)C=CC=C2)N1C1(C)C=CC=C1.[Sc]. The third-order valence-electron chi connectivity index (χ3n) is 4.32. The maximum Gasteiger partial charge on any atom is 0.0900 e. The molecule has 0 amide bonds. The fourth-order valence-corrected chi connectivity index (χ4v) is 3.52. The normalized spacial score (nSPS) is 29.1. The smallest absolute Gasteiger partial charge is 0.0900 e. The van der Waals surface area contributed by atoms with Gasteiger partial charge in [0.05, 0.1) is 11.1 Å². The fraction of sp³-hybridized carbons (Fsp3) is 0.412. The van der Waals surface area contributed by atoms with Crippen LogP contribution in [0.5, 0.6) is 0 Å². The van der Waals surface area contributed by atoms with E-state index < -0.39 is 0 Å². The minimum atomic E-state index is -0.0569. The molecule has 0 saturated carbocycles. The summed E-state index contributed by atoms with van der Waals surface area (Å²) in [6.07, 6.45) is 20.0. The predicted octanol–water partition coefficient (Wildman–Crippen LogP) is 3.58. The summed E-state index contributed by atoms with van der Waals surface area (Å²) in [7, 11) is 0. The Morgan fingerprint density at radius 2 is 1.35 bits per heavy atom. The Balaban J connectivity index is 0.00000147. The van der Waals surface area contributed by atoms with E-state index in [0.717, 1.165) is 0 Å². The average molecular weight is 299 g/mol. The number of hydrogen-bond acceptors (Lipinski definition) is 2. The summed E-state index contributed by atoms with van der Waals surface area (Å²) >= 11 is 0. The van der Waals surface area contributed by atoms with Gasteiger partial charge in [-0.25, -0.2) is 5.01 Å². The van der Waals surface area contributed by atoms with Crippen LogP contribution < -0.4 is 0 Å². The van der Waals surface area contributed by atoms with Gasteiger partial charge >= 0.3 is 0 Å². The molecule has 20 heavy (non-hydrogen) atoms. The van der Waals surface area contributed by atoms with E-state index in [0.29, 0.717) is 6.04 Å². The third kappa shape index (κ3) is 2.25. The van der Waals surface area contributed by atoms with Gasteiger partial charge in [-0.1, -0.05) is 48.6 Å². The molecule has 0 aromatic rings. The first-order valence-electron chi connectivity index (χ1n) is 6.98. The second-order valence-corrected chi connectivity index (χ2v) is 6.09. The summed E-state index contributed by atoms with van der Waals surface area (Å²) in [6.45, 7) is 9.00. The topological polar surface area (TPSA) is 6.48 Å². The minimum absolute atomic E-state index is 0. The van der Waals surface area contributed by atoms with Gasteiger partial charge in [0, 0.05) is 37.6 Å². The Labute approximate surface area is 141 Å². The van der Waals surface area contributed by atoms with Crippen molar-refractivity contribution in [2.45, 2.75) is 44.8 Å². The summed E-state index contributed by atoms with van der Waals surface area (Å²) in [5, 5.41) is 4.90. The molecule has 1 heterocycles. The van der Waals surface area contributed by atoms with Gasteiger partial charge in [0.25, 0.3) is 0 Å². The molecule has 0 saturated heterocycles. The van der Waals surface area contributed by atoms with Crippen LogP contribution in [0.2, 0.25) is 0 Å². The Morgan fingerprint density at radius 3 is 1.85 bits per heavy atom. The van der Waals surface area contributed by atoms with Crippen LogP contribution in [0.25, 0.3) is 0 Å². The number of hydrogen-bond donors (Lipinski definition) is 0. The van der Waals surface area contributed by atoms with Gasteiger partial charge in [-0.05, 0) is 33.8 Å². The average Bonchev–Trinajstić information content (AvgIpc) is 3.01. The molecule has 2 aliphatic carbocycles. The molecular weight excluding hydrogens is 277 g/mol. The van der Waals surface area contributed by atoms with Crippen LogP contribution in [0.15, 0.2) is 60.4 Å². The van der Waals surface area contributed by atoms with Crippen molar-refractivity contribution in [2.24, 2.45) is 0 Å². The second-order valence-electron chi connectivity index (χ2n) is 6.09. The maximum absolute atomic E-state index is 2.47. The Bertz CT molecular complexity index is 515. The molecule has 0 bridgehead atoms. The maximum atomic E-state index is 2.47. The van der Waals surface area contributed by atoms with E-state index in [2.05, 4.69) is 92.4 Å². The molecule has 0 aromatic heterocycles. The zero-order valence-corrected chi connectivity index (χ0v) is 14.5. The summed E-state index contributed by atoms with van der Waals surface area (Å²) in [5.41, 5.74) is 1.22. The minimum Gasteiger partial charge on any atom is -0.295 e. The zero-order chi connectivity index (χ0) is 13.7. The van der Waals surface area contributed by atoms with Crippen molar-refractivity contribution in [1.82, 2.24) is 10.0 Å². The van der Waals surface area contributed by atoms with Crippen LogP contribution in [0, 0.1) is 0 Å². The molecule has 103 valence electrons. The molecule has 0 spiro atoms. The van der Waals surface area contributed by atoms with E-state index in [4.69, 9.17) is 0 Å². The number of rotatable bonds is 2. The monoisotopic (exact) mass is 299 g/mol. The second kappa shape index (κ2) is 5.27. The van der Waals surface area contributed by atoms with Gasteiger partial charge in [0.1, 0.15) is 0 Å². The number of nitrogens with zero attached hydrogens (tertiary/aromatic N) is 2. The van der Waals surface area contributed by atoms with Gasteiger partial charge < -0.3 is 0 Å². The molecule has 0 aromatic carbocycles. The third-order valence-corrected chi connectivity index (χ3v) is 4.32. The van der Waals surface area contributed by atoms with E-state index in [-0.39, 0.29) is 36.9 Å². The van der Waals surface area contributed by atoms with Crippen molar-refractivity contribution in [1.29, 1.82) is 0 Å². The summed E-state index contributed by atoms with van der Waals surface area (Å²) < 4.78 is 0. The largest absolute Gasteiger partial charge is 0.295 e. The molecule has 1 atom stereocenters. The first kappa shape index (κ1) is 15.7. The molecule has 1 unspecified atom stereocenters. The molecule has 1 aliphatic heterocycles. The van der Waals surface area contributed by atoms with Crippen LogP contribution >= 0.6 is 0 Å². The van der Waals surface area contributed by atoms with E-state index in [1.165, 1.54) is 5.70 Å². The van der Waals surface area contributed by atoms with Gasteiger partial charge in [-0.15, -0.1) is 0 Å². The summed E-state index contributed by atoms with van der Waals surface area (Å²) in [4.78, 5) is 0. The van der Waals surface area contributed by atoms with Gasteiger partial charge in [0.15, 0.2) is 0 Å². The predicted molar refractivity (Wildman–Crippen MR) is 80.3 cm³/mol. The van der Waals surface area contributed by atoms with E-state index >= 15 is 0 Å². The quantitative estimate of drug-likeness (QED) is 0.769. The van der Waals surface area contributed by atoms with Crippen molar-refractivity contribution in [3.05, 3.63) is 60.4 Å². The molecule has 0 N–H and O–H groups in total. The van der Waals surface area contributed by atoms with Gasteiger partial charge in [-0.2, -0.15) is 0 Å². The first-order chi connectivity index (χ1) is 8.96. The summed E-state index contributed by atoms with van der Waals surface area (Å²) in [6, 6.07) is 0.400. The molecule has 2 nitrogen and oxygen atoms in total. The van der Waals surface area contributed by atoms with Gasteiger partial charge in [-0.3, -0.25) is 5.01 Å². The van der Waals surface area contributed by atoms with Crippen molar-refractivity contribution in [2.75, 3.05) is 0 Å². The number of allylic oxidation sites excluding steroid dienone is 5. The molecule has 1 radical (unpaired) electrons. The Kier molecular flexibility index (Phi) is 4.14. The van der Waals surface area contributed by atoms with Crippen molar-refractivity contribution in [3.8, 4) is 0 Å². The standard InChI is InChI=1S/C17H22N2.Sc/c1-14-13-15(2)19(17(4)11-7-8-12-17)18(14)16(3)9-5-6-10-16;/h5-14H,1-4H3;. The van der Waals surface area contributed by atoms with Crippen LogP contribution in [-0.4, -0.2) is 27.1 Å². The van der Waals surface area contributed by atoms with Crippen LogP contribution in [-0.2, 0) is 25.8 Å². The Morgan fingerprint density at radius 1 is 0.900 bits per heavy atom. The van der Waals surface area contributed by atoms with Crippen molar-refractivity contribution in [3.63, 3.8) is 0 Å². The van der Waals surface area contributed by atoms with E-state index in [9.17, 15) is 0 Å². The van der Waals surface area contributed by atoms with Crippen molar-refractivity contribution < 1.29 is 25.8 Å². The van der Waals surface area contributed by atoms with Crippen LogP contribution in [0.1, 0.15) is 27.7 Å². The van der Waals surface area contributed by atoms with E-state index in [1.54, 1.807) is 0 Å². The van der Waals surface area contributed by atoms with E-state index in [1.807, 2.05) is 0 Å². The Hall–Kier alpha value is -0.670. The first-order valence-corrected chi connectivity index (χ1v) is 6.98. The fourth-order valence-electron chi connectivity index (χ4n) is 3.52. The van der Waals surface area contributed by atoms with Crippen LogP contribution in [0.3, 0.4) is 0 Å². The van der Waals surface area contributed by atoms with Gasteiger partial charge in [0.2, 0.25) is 0 Å². The molecule has 0 fully saturated rings. The van der Waals surface area contributed by atoms with Crippen molar-refractivity contribution >= 4 is 0 Å². The van der Waals surface area contributed by atoms with Crippen LogP contribution in [0.4, 0.5) is 0 Å². The number of hydrazine groups is 1.